The topological polar surface area (TPSA) is 54.8 Å². The average molecular weight is 385 g/mol. The molecule has 0 saturated carbocycles. The molecule has 4 aromatic rings. The quantitative estimate of drug-likeness (QED) is 0.526. The van der Waals surface area contributed by atoms with E-state index in [-0.39, 0.29) is 0 Å². The molecule has 0 radical (unpaired) electrons. The lowest BCUT2D eigenvalue weighted by molar-refractivity contribution is 0.240. The molecule has 0 N–H and O–H groups in total. The number of nitrogens with zero attached hydrogens (tertiary/aromatic N) is 5. The van der Waals surface area contributed by atoms with Gasteiger partial charge in [0.1, 0.15) is 0 Å². The van der Waals surface area contributed by atoms with E-state index in [2.05, 4.69) is 50.6 Å². The lowest BCUT2D eigenvalue weighted by Gasteiger charge is -2.27. The lowest BCUT2D eigenvalue weighted by atomic mass is 10.1. The van der Waals surface area contributed by atoms with E-state index in [1.54, 1.807) is 17.5 Å². The zero-order valence-corrected chi connectivity index (χ0v) is 16.1. The molecule has 1 aliphatic rings. The Morgan fingerprint density at radius 1 is 1.00 bits per heavy atom. The van der Waals surface area contributed by atoms with Crippen LogP contribution in [-0.2, 0) is 19.5 Å². The highest BCUT2D eigenvalue weighted by Crippen LogP contribution is 2.24. The Balaban J connectivity index is 1.32. The van der Waals surface area contributed by atoms with Crippen molar-refractivity contribution in [3.63, 3.8) is 0 Å². The van der Waals surface area contributed by atoms with Crippen molar-refractivity contribution in [1.82, 2.24) is 24.8 Å². The largest absolute Gasteiger partial charge is 0.293 e. The Hall–Kier alpha value is -2.96. The maximum Gasteiger partial charge on any atom is 0.160 e. The molecule has 0 unspecified atom stereocenters. The highest BCUT2D eigenvalue weighted by atomic mass is 32.1. The van der Waals surface area contributed by atoms with Gasteiger partial charge in [0.25, 0.3) is 0 Å². The van der Waals surface area contributed by atoms with E-state index in [1.165, 1.54) is 10.4 Å². The van der Waals surface area contributed by atoms with Crippen LogP contribution in [0, 0.1) is 0 Å². The molecule has 0 amide bonds. The molecular weight excluding hydrogens is 366 g/mol. The highest BCUT2D eigenvalue weighted by molar-refractivity contribution is 7.13. The first-order chi connectivity index (χ1) is 13.8. The number of hydrogen-bond donors (Lipinski definition) is 0. The van der Waals surface area contributed by atoms with Gasteiger partial charge in [0.2, 0.25) is 0 Å². The molecule has 0 saturated heterocycles. The van der Waals surface area contributed by atoms with E-state index in [9.17, 15) is 0 Å². The fourth-order valence-electron chi connectivity index (χ4n) is 3.50. The molecule has 5 nitrogen and oxygen atoms in total. The highest BCUT2D eigenvalue weighted by Gasteiger charge is 2.19. The Labute approximate surface area is 167 Å². The van der Waals surface area contributed by atoms with E-state index < -0.39 is 0 Å². The number of thiophene rings is 1. The van der Waals surface area contributed by atoms with Gasteiger partial charge in [-0.15, -0.1) is 11.3 Å². The maximum absolute atomic E-state index is 4.85. The van der Waals surface area contributed by atoms with Crippen LogP contribution in [0.2, 0.25) is 0 Å². The van der Waals surface area contributed by atoms with Crippen LogP contribution in [-0.4, -0.2) is 31.4 Å². The van der Waals surface area contributed by atoms with Gasteiger partial charge < -0.3 is 0 Å². The summed E-state index contributed by atoms with van der Waals surface area (Å²) in [5.74, 6) is 0.755. The van der Waals surface area contributed by atoms with Gasteiger partial charge in [-0.25, -0.2) is 9.97 Å². The van der Waals surface area contributed by atoms with Crippen LogP contribution >= 0.6 is 11.3 Å². The first kappa shape index (κ1) is 17.2. The Bertz CT molecular complexity index is 1080. The van der Waals surface area contributed by atoms with Crippen molar-refractivity contribution in [1.29, 1.82) is 0 Å². The fraction of sp³-hybridized carbons (Fsp3) is 0.182. The third kappa shape index (κ3) is 3.56. The first-order valence-electron chi connectivity index (χ1n) is 9.32. The summed E-state index contributed by atoms with van der Waals surface area (Å²) in [5, 5.41) is 2.09. The molecule has 4 aromatic heterocycles. The van der Waals surface area contributed by atoms with Gasteiger partial charge in [-0.1, -0.05) is 12.1 Å². The second kappa shape index (κ2) is 7.58. The number of rotatable bonds is 4. The summed E-state index contributed by atoms with van der Waals surface area (Å²) in [5.41, 5.74) is 5.46. The summed E-state index contributed by atoms with van der Waals surface area (Å²) < 4.78 is 0. The van der Waals surface area contributed by atoms with Crippen molar-refractivity contribution >= 4 is 11.3 Å². The smallest absolute Gasteiger partial charge is 0.160 e. The van der Waals surface area contributed by atoms with Gasteiger partial charge in [0.15, 0.2) is 5.82 Å². The summed E-state index contributed by atoms with van der Waals surface area (Å²) in [7, 11) is 0. The Kier molecular flexibility index (Phi) is 4.64. The standard InChI is InChI=1S/C22H19N5S/c1-5-18(25-20(6-1)21-7-3-11-28-21)15-27-10-8-19-17(14-27)13-24-22(26-19)16-4-2-9-23-12-16/h1-7,9,11-13H,8,10,14-15H2. The SMILES string of the molecule is c1cncc(-c2ncc3c(n2)CCN(Cc2cccc(-c4cccs4)n2)C3)c1. The van der Waals surface area contributed by atoms with E-state index in [1.807, 2.05) is 24.5 Å². The molecule has 0 aromatic carbocycles. The third-order valence-corrected chi connectivity index (χ3v) is 5.79. The van der Waals surface area contributed by atoms with Crippen molar-refractivity contribution < 1.29 is 0 Å². The predicted molar refractivity (Wildman–Crippen MR) is 111 cm³/mol. The van der Waals surface area contributed by atoms with Gasteiger partial charge in [-0.05, 0) is 35.7 Å². The molecule has 6 heteroatoms. The summed E-state index contributed by atoms with van der Waals surface area (Å²) >= 11 is 1.72. The minimum absolute atomic E-state index is 0.755. The fourth-order valence-corrected chi connectivity index (χ4v) is 4.20. The maximum atomic E-state index is 4.85. The van der Waals surface area contributed by atoms with Gasteiger partial charge in [0.05, 0.1) is 22.0 Å². The number of hydrogen-bond acceptors (Lipinski definition) is 6. The number of aromatic nitrogens is 4. The molecule has 5 heterocycles. The summed E-state index contributed by atoms with van der Waals surface area (Å²) in [6.45, 7) is 2.66. The van der Waals surface area contributed by atoms with E-state index >= 15 is 0 Å². The van der Waals surface area contributed by atoms with Gasteiger partial charge >= 0.3 is 0 Å². The van der Waals surface area contributed by atoms with Gasteiger partial charge in [0, 0.05) is 55.8 Å². The van der Waals surface area contributed by atoms with Crippen molar-refractivity contribution in [3.8, 4) is 22.0 Å². The zero-order chi connectivity index (χ0) is 18.8. The summed E-state index contributed by atoms with van der Waals surface area (Å²) in [6, 6.07) is 14.4. The van der Waals surface area contributed by atoms with E-state index in [0.717, 1.165) is 54.5 Å². The molecule has 138 valence electrons. The average Bonchev–Trinajstić information content (AvgIpc) is 3.29. The minimum atomic E-state index is 0.755. The lowest BCUT2D eigenvalue weighted by Crippen LogP contribution is -2.31. The summed E-state index contributed by atoms with van der Waals surface area (Å²) in [6.07, 6.45) is 6.46. The summed E-state index contributed by atoms with van der Waals surface area (Å²) in [4.78, 5) is 22.0. The van der Waals surface area contributed by atoms with E-state index in [4.69, 9.17) is 9.97 Å². The molecule has 0 fully saturated rings. The molecule has 5 rings (SSSR count). The molecule has 0 atom stereocenters. The molecule has 28 heavy (non-hydrogen) atoms. The van der Waals surface area contributed by atoms with Gasteiger partial charge in [-0.2, -0.15) is 0 Å². The second-order valence-electron chi connectivity index (χ2n) is 6.86. The number of fused-ring (bicyclic) bond motifs is 1. The van der Waals surface area contributed by atoms with Crippen LogP contribution in [0.5, 0.6) is 0 Å². The first-order valence-corrected chi connectivity index (χ1v) is 10.2. The molecular formula is C22H19N5S. The molecule has 0 aliphatic carbocycles. The van der Waals surface area contributed by atoms with Crippen molar-refractivity contribution in [3.05, 3.63) is 83.4 Å². The Morgan fingerprint density at radius 3 is 2.86 bits per heavy atom. The van der Waals surface area contributed by atoms with Gasteiger partial charge in [-0.3, -0.25) is 14.9 Å². The normalized spacial score (nSPS) is 14.0. The molecule has 0 spiro atoms. The van der Waals surface area contributed by atoms with Crippen LogP contribution in [0.3, 0.4) is 0 Å². The minimum Gasteiger partial charge on any atom is -0.293 e. The molecule has 0 bridgehead atoms. The number of pyridine rings is 2. The van der Waals surface area contributed by atoms with Crippen LogP contribution in [0.25, 0.3) is 22.0 Å². The van der Waals surface area contributed by atoms with E-state index in [0.29, 0.717) is 0 Å². The third-order valence-electron chi connectivity index (χ3n) is 4.90. The van der Waals surface area contributed by atoms with Crippen LogP contribution in [0.1, 0.15) is 17.0 Å². The molecule has 1 aliphatic heterocycles. The monoisotopic (exact) mass is 385 g/mol. The van der Waals surface area contributed by atoms with Crippen molar-refractivity contribution in [2.45, 2.75) is 19.5 Å². The van der Waals surface area contributed by atoms with Crippen LogP contribution in [0.4, 0.5) is 0 Å². The zero-order valence-electron chi connectivity index (χ0n) is 15.3. The van der Waals surface area contributed by atoms with Crippen LogP contribution in [0.15, 0.2) is 66.4 Å². The van der Waals surface area contributed by atoms with Crippen molar-refractivity contribution in [2.24, 2.45) is 0 Å². The van der Waals surface area contributed by atoms with Crippen molar-refractivity contribution in [2.75, 3.05) is 6.54 Å². The van der Waals surface area contributed by atoms with Crippen LogP contribution < -0.4 is 0 Å². The second-order valence-corrected chi connectivity index (χ2v) is 7.81. The Morgan fingerprint density at radius 2 is 2.00 bits per heavy atom. The predicted octanol–water partition coefficient (Wildman–Crippen LogP) is 4.22.